The van der Waals surface area contributed by atoms with E-state index in [2.05, 4.69) is 10.6 Å². The van der Waals surface area contributed by atoms with Gasteiger partial charge in [-0.1, -0.05) is 12.1 Å². The van der Waals surface area contributed by atoms with Gasteiger partial charge in [-0.3, -0.25) is 4.79 Å². The first kappa shape index (κ1) is 19.0. The second-order valence-corrected chi connectivity index (χ2v) is 6.51. The van der Waals surface area contributed by atoms with Crippen molar-refractivity contribution >= 4 is 17.6 Å². The Kier molecular flexibility index (Phi) is 6.49. The molecule has 0 fully saturated rings. The lowest BCUT2D eigenvalue weighted by Crippen LogP contribution is -2.43. The number of rotatable bonds is 7. The SMILES string of the molecule is CC(=O)Nc1cccc2c1CCN(C(=O)NCCCOCc1ccco1)C2. The summed E-state index contributed by atoms with van der Waals surface area (Å²) in [6.45, 7) is 4.24. The van der Waals surface area contributed by atoms with Crippen molar-refractivity contribution in [3.63, 3.8) is 0 Å². The van der Waals surface area contributed by atoms with Crippen molar-refractivity contribution < 1.29 is 18.7 Å². The highest BCUT2D eigenvalue weighted by Gasteiger charge is 2.22. The molecule has 0 spiro atoms. The molecule has 144 valence electrons. The molecule has 0 radical (unpaired) electrons. The van der Waals surface area contributed by atoms with E-state index in [4.69, 9.17) is 9.15 Å². The average molecular weight is 371 g/mol. The highest BCUT2D eigenvalue weighted by molar-refractivity contribution is 5.90. The number of nitrogens with zero attached hydrogens (tertiary/aromatic N) is 1. The first-order valence-corrected chi connectivity index (χ1v) is 9.15. The zero-order valence-corrected chi connectivity index (χ0v) is 15.5. The Morgan fingerprint density at radius 3 is 2.93 bits per heavy atom. The number of urea groups is 1. The second-order valence-electron chi connectivity index (χ2n) is 6.51. The Labute approximate surface area is 158 Å². The summed E-state index contributed by atoms with van der Waals surface area (Å²) in [5.41, 5.74) is 3.03. The molecule has 0 atom stereocenters. The normalized spacial score (nSPS) is 13.1. The van der Waals surface area contributed by atoms with Crippen LogP contribution in [0.25, 0.3) is 0 Å². The number of benzene rings is 1. The van der Waals surface area contributed by atoms with E-state index in [1.807, 2.05) is 30.3 Å². The highest BCUT2D eigenvalue weighted by Crippen LogP contribution is 2.26. The number of ether oxygens (including phenoxy) is 1. The Morgan fingerprint density at radius 2 is 2.15 bits per heavy atom. The standard InChI is InChI=1S/C20H25N3O4/c1-15(24)22-19-7-2-5-16-13-23(10-8-18(16)19)20(25)21-9-4-11-26-14-17-6-3-12-27-17/h2-3,5-7,12H,4,8-11,13-14H2,1H3,(H,21,25)(H,22,24). The summed E-state index contributed by atoms with van der Waals surface area (Å²) < 4.78 is 10.7. The third-order valence-electron chi connectivity index (χ3n) is 4.43. The molecule has 7 heteroatoms. The number of nitrogens with one attached hydrogen (secondary N) is 2. The second kappa shape index (κ2) is 9.23. The van der Waals surface area contributed by atoms with Crippen LogP contribution in [0.15, 0.2) is 41.0 Å². The van der Waals surface area contributed by atoms with Gasteiger partial charge in [0.25, 0.3) is 0 Å². The maximum absolute atomic E-state index is 12.4. The maximum atomic E-state index is 12.4. The van der Waals surface area contributed by atoms with Crippen molar-refractivity contribution in [2.75, 3.05) is 25.0 Å². The molecule has 2 N–H and O–H groups in total. The zero-order chi connectivity index (χ0) is 19.1. The summed E-state index contributed by atoms with van der Waals surface area (Å²) in [7, 11) is 0. The van der Waals surface area contributed by atoms with E-state index in [0.29, 0.717) is 32.8 Å². The molecular formula is C20H25N3O4. The first-order valence-electron chi connectivity index (χ1n) is 9.15. The Hall–Kier alpha value is -2.80. The molecule has 2 aromatic rings. The smallest absolute Gasteiger partial charge is 0.317 e. The number of hydrogen-bond donors (Lipinski definition) is 2. The first-order chi connectivity index (χ1) is 13.1. The Bertz CT molecular complexity index is 774. The van der Waals surface area contributed by atoms with Crippen molar-refractivity contribution in [3.05, 3.63) is 53.5 Å². The lowest BCUT2D eigenvalue weighted by molar-refractivity contribution is -0.114. The van der Waals surface area contributed by atoms with Crippen LogP contribution in [-0.2, 0) is 29.1 Å². The lowest BCUT2D eigenvalue weighted by Gasteiger charge is -2.30. The molecule has 7 nitrogen and oxygen atoms in total. The number of carbonyl (C=O) groups excluding carboxylic acids is 2. The van der Waals surface area contributed by atoms with Crippen LogP contribution in [-0.4, -0.2) is 36.5 Å². The van der Waals surface area contributed by atoms with Gasteiger partial charge in [-0.05, 0) is 42.2 Å². The van der Waals surface area contributed by atoms with Gasteiger partial charge in [0.15, 0.2) is 0 Å². The van der Waals surface area contributed by atoms with E-state index in [1.165, 1.54) is 6.92 Å². The van der Waals surface area contributed by atoms with Gasteiger partial charge < -0.3 is 24.7 Å². The Balaban J connectivity index is 1.40. The van der Waals surface area contributed by atoms with Crippen LogP contribution in [0.1, 0.15) is 30.2 Å². The van der Waals surface area contributed by atoms with E-state index in [-0.39, 0.29) is 11.9 Å². The number of carbonyl (C=O) groups is 2. The van der Waals surface area contributed by atoms with E-state index in [1.54, 1.807) is 11.2 Å². The van der Waals surface area contributed by atoms with Crippen molar-refractivity contribution in [1.82, 2.24) is 10.2 Å². The van der Waals surface area contributed by atoms with Crippen molar-refractivity contribution in [2.24, 2.45) is 0 Å². The average Bonchev–Trinajstić information content (AvgIpc) is 3.17. The van der Waals surface area contributed by atoms with Crippen LogP contribution in [0.5, 0.6) is 0 Å². The number of furan rings is 1. The van der Waals surface area contributed by atoms with Crippen LogP contribution in [0.4, 0.5) is 10.5 Å². The van der Waals surface area contributed by atoms with E-state index < -0.39 is 0 Å². The molecule has 1 aromatic carbocycles. The van der Waals surface area contributed by atoms with Gasteiger partial charge >= 0.3 is 6.03 Å². The molecule has 3 rings (SSSR count). The molecule has 27 heavy (non-hydrogen) atoms. The maximum Gasteiger partial charge on any atom is 0.317 e. The molecule has 1 aliphatic heterocycles. The zero-order valence-electron chi connectivity index (χ0n) is 15.5. The molecule has 3 amide bonds. The summed E-state index contributed by atoms with van der Waals surface area (Å²) in [4.78, 5) is 25.5. The summed E-state index contributed by atoms with van der Waals surface area (Å²) in [6, 6.07) is 9.43. The van der Waals surface area contributed by atoms with Crippen LogP contribution >= 0.6 is 0 Å². The summed E-state index contributed by atoms with van der Waals surface area (Å²) in [6.07, 6.45) is 3.09. The lowest BCUT2D eigenvalue weighted by atomic mass is 9.98. The minimum Gasteiger partial charge on any atom is -0.467 e. The van der Waals surface area contributed by atoms with Gasteiger partial charge in [-0.2, -0.15) is 0 Å². The predicted octanol–water partition coefficient (Wildman–Crippen LogP) is 2.91. The molecule has 1 aliphatic rings. The number of anilines is 1. The van der Waals surface area contributed by atoms with Crippen molar-refractivity contribution in [1.29, 1.82) is 0 Å². The van der Waals surface area contributed by atoms with Gasteiger partial charge in [0.1, 0.15) is 12.4 Å². The molecule has 0 saturated heterocycles. The predicted molar refractivity (Wildman–Crippen MR) is 101 cm³/mol. The third-order valence-corrected chi connectivity index (χ3v) is 4.43. The van der Waals surface area contributed by atoms with E-state index in [9.17, 15) is 9.59 Å². The highest BCUT2D eigenvalue weighted by atomic mass is 16.5. The number of hydrogen-bond acceptors (Lipinski definition) is 4. The molecule has 1 aromatic heterocycles. The molecule has 0 saturated carbocycles. The van der Waals surface area contributed by atoms with Crippen molar-refractivity contribution in [2.45, 2.75) is 32.9 Å². The van der Waals surface area contributed by atoms with Gasteiger partial charge in [-0.25, -0.2) is 4.79 Å². The molecule has 0 aliphatic carbocycles. The van der Waals surface area contributed by atoms with Gasteiger partial charge in [0.05, 0.1) is 6.26 Å². The van der Waals surface area contributed by atoms with Crippen LogP contribution in [0, 0.1) is 0 Å². The minimum atomic E-state index is -0.0853. The minimum absolute atomic E-state index is 0.0726. The monoisotopic (exact) mass is 371 g/mol. The largest absolute Gasteiger partial charge is 0.467 e. The molecule has 2 heterocycles. The quantitative estimate of drug-likeness (QED) is 0.733. The van der Waals surface area contributed by atoms with Crippen molar-refractivity contribution in [3.8, 4) is 0 Å². The van der Waals surface area contributed by atoms with Crippen LogP contribution < -0.4 is 10.6 Å². The fraction of sp³-hybridized carbons (Fsp3) is 0.400. The van der Waals surface area contributed by atoms with Crippen LogP contribution in [0.3, 0.4) is 0 Å². The summed E-state index contributed by atoms with van der Waals surface area (Å²) in [5.74, 6) is 0.711. The molecule has 0 bridgehead atoms. The summed E-state index contributed by atoms with van der Waals surface area (Å²) >= 11 is 0. The molecular weight excluding hydrogens is 346 g/mol. The third kappa shape index (κ3) is 5.34. The van der Waals surface area contributed by atoms with E-state index >= 15 is 0 Å². The Morgan fingerprint density at radius 1 is 1.26 bits per heavy atom. The fourth-order valence-electron chi connectivity index (χ4n) is 3.14. The molecule has 0 unspecified atom stereocenters. The summed E-state index contributed by atoms with van der Waals surface area (Å²) in [5, 5.41) is 5.80. The van der Waals surface area contributed by atoms with Crippen LogP contribution in [0.2, 0.25) is 0 Å². The number of fused-ring (bicyclic) bond motifs is 1. The van der Waals surface area contributed by atoms with Gasteiger partial charge in [0.2, 0.25) is 5.91 Å². The van der Waals surface area contributed by atoms with Gasteiger partial charge in [-0.15, -0.1) is 0 Å². The van der Waals surface area contributed by atoms with Gasteiger partial charge in [0, 0.05) is 38.9 Å². The fourth-order valence-corrected chi connectivity index (χ4v) is 3.14. The number of amides is 3. The van der Waals surface area contributed by atoms with E-state index in [0.717, 1.165) is 35.4 Å². The topological polar surface area (TPSA) is 83.8 Å².